The van der Waals surface area contributed by atoms with Gasteiger partial charge in [-0.15, -0.1) is 36.2 Å². The number of hydrogen-bond donors (Lipinski definition) is 1. The van der Waals surface area contributed by atoms with Crippen LogP contribution in [0.4, 0.5) is 0 Å². The first-order chi connectivity index (χ1) is 7.18. The molecule has 98 valence electrons. The fourth-order valence-corrected chi connectivity index (χ4v) is 2.54. The number of aromatic nitrogens is 1. The second-order valence-corrected chi connectivity index (χ2v) is 4.73. The third-order valence-electron chi connectivity index (χ3n) is 2.60. The van der Waals surface area contributed by atoms with Gasteiger partial charge in [0.15, 0.2) is 0 Å². The van der Waals surface area contributed by atoms with Gasteiger partial charge in [-0.2, -0.15) is 0 Å². The van der Waals surface area contributed by atoms with Crippen LogP contribution in [0.15, 0.2) is 5.51 Å². The Morgan fingerprint density at radius 3 is 2.82 bits per heavy atom. The summed E-state index contributed by atoms with van der Waals surface area (Å²) in [6, 6.07) is 0.385. The largest absolute Gasteiger partial charge is 0.335 e. The van der Waals surface area contributed by atoms with E-state index in [0.29, 0.717) is 6.04 Å². The first kappa shape index (κ1) is 16.6. The van der Waals surface area contributed by atoms with Gasteiger partial charge in [-0.25, -0.2) is 4.98 Å². The SMILES string of the molecule is Cc1ncsc1C(=O)N1CCNC(C)C1.Cl.Cl. The summed E-state index contributed by atoms with van der Waals surface area (Å²) < 4.78 is 0. The molecule has 0 aliphatic carbocycles. The van der Waals surface area contributed by atoms with Crippen LogP contribution in [0, 0.1) is 6.92 Å². The number of thiazole rings is 1. The van der Waals surface area contributed by atoms with Crippen LogP contribution in [-0.4, -0.2) is 41.5 Å². The van der Waals surface area contributed by atoms with Gasteiger partial charge in [0, 0.05) is 25.7 Å². The molecule has 1 aromatic rings. The van der Waals surface area contributed by atoms with Gasteiger partial charge >= 0.3 is 0 Å². The Hall–Kier alpha value is -0.360. The monoisotopic (exact) mass is 297 g/mol. The molecule has 2 rings (SSSR count). The number of piperazine rings is 1. The van der Waals surface area contributed by atoms with E-state index < -0.39 is 0 Å². The van der Waals surface area contributed by atoms with E-state index in [4.69, 9.17) is 0 Å². The zero-order valence-electron chi connectivity index (χ0n) is 9.80. The first-order valence-corrected chi connectivity index (χ1v) is 5.99. The fraction of sp³-hybridized carbons (Fsp3) is 0.600. The lowest BCUT2D eigenvalue weighted by atomic mass is 10.2. The molecule has 0 bridgehead atoms. The van der Waals surface area contributed by atoms with E-state index in [-0.39, 0.29) is 30.7 Å². The molecular weight excluding hydrogens is 281 g/mol. The van der Waals surface area contributed by atoms with Gasteiger partial charge in [0.1, 0.15) is 4.88 Å². The number of halogens is 2. The second-order valence-electron chi connectivity index (χ2n) is 3.87. The van der Waals surface area contributed by atoms with Crippen LogP contribution in [-0.2, 0) is 0 Å². The van der Waals surface area contributed by atoms with Crippen molar-refractivity contribution in [1.29, 1.82) is 0 Å². The van der Waals surface area contributed by atoms with Crippen molar-refractivity contribution >= 4 is 42.1 Å². The summed E-state index contributed by atoms with van der Waals surface area (Å²) in [5, 5.41) is 3.32. The van der Waals surface area contributed by atoms with E-state index in [1.165, 1.54) is 11.3 Å². The third-order valence-corrected chi connectivity index (χ3v) is 3.51. The molecule has 2 heterocycles. The van der Waals surface area contributed by atoms with Crippen molar-refractivity contribution in [2.24, 2.45) is 0 Å². The van der Waals surface area contributed by atoms with Crippen molar-refractivity contribution in [3.8, 4) is 0 Å². The minimum atomic E-state index is 0. The van der Waals surface area contributed by atoms with Crippen molar-refractivity contribution in [3.05, 3.63) is 16.1 Å². The maximum atomic E-state index is 12.1. The van der Waals surface area contributed by atoms with Crippen LogP contribution in [0.5, 0.6) is 0 Å². The average molecular weight is 298 g/mol. The number of amides is 1. The molecule has 1 amide bonds. The summed E-state index contributed by atoms with van der Waals surface area (Å²) in [4.78, 5) is 18.9. The zero-order valence-corrected chi connectivity index (χ0v) is 12.3. The van der Waals surface area contributed by atoms with Gasteiger partial charge in [-0.1, -0.05) is 0 Å². The van der Waals surface area contributed by atoms with Gasteiger partial charge in [0.05, 0.1) is 11.2 Å². The Labute approximate surface area is 118 Å². The highest BCUT2D eigenvalue weighted by molar-refractivity contribution is 7.11. The lowest BCUT2D eigenvalue weighted by Gasteiger charge is -2.31. The van der Waals surface area contributed by atoms with E-state index in [1.807, 2.05) is 11.8 Å². The lowest BCUT2D eigenvalue weighted by molar-refractivity contribution is 0.0713. The number of aryl methyl sites for hydroxylation is 1. The maximum Gasteiger partial charge on any atom is 0.265 e. The molecule has 17 heavy (non-hydrogen) atoms. The van der Waals surface area contributed by atoms with Crippen molar-refractivity contribution < 1.29 is 4.79 Å². The molecule has 1 fully saturated rings. The average Bonchev–Trinajstić information content (AvgIpc) is 2.63. The van der Waals surface area contributed by atoms with Gasteiger partial charge in [0.25, 0.3) is 5.91 Å². The van der Waals surface area contributed by atoms with E-state index in [1.54, 1.807) is 5.51 Å². The Morgan fingerprint density at radius 1 is 1.59 bits per heavy atom. The number of nitrogens with one attached hydrogen (secondary N) is 1. The number of hydrogen-bond acceptors (Lipinski definition) is 4. The lowest BCUT2D eigenvalue weighted by Crippen LogP contribution is -2.51. The van der Waals surface area contributed by atoms with E-state index in [0.717, 1.165) is 30.2 Å². The first-order valence-electron chi connectivity index (χ1n) is 5.11. The minimum absolute atomic E-state index is 0. The maximum absolute atomic E-state index is 12.1. The molecule has 1 atom stereocenters. The van der Waals surface area contributed by atoms with Gasteiger partial charge in [-0.05, 0) is 13.8 Å². The van der Waals surface area contributed by atoms with E-state index in [2.05, 4.69) is 17.2 Å². The normalized spacial score (nSPS) is 19.2. The van der Waals surface area contributed by atoms with Crippen LogP contribution >= 0.6 is 36.2 Å². The standard InChI is InChI=1S/C10H15N3OS.2ClH/c1-7-5-13(4-3-11-7)10(14)9-8(2)12-6-15-9;;/h6-7,11H,3-5H2,1-2H3;2*1H. The van der Waals surface area contributed by atoms with Crippen molar-refractivity contribution in [1.82, 2.24) is 15.2 Å². The molecule has 0 radical (unpaired) electrons. The number of nitrogens with zero attached hydrogens (tertiary/aromatic N) is 2. The minimum Gasteiger partial charge on any atom is -0.335 e. The Balaban J connectivity index is 0.00000128. The Bertz CT molecular complexity index is 372. The van der Waals surface area contributed by atoms with Gasteiger partial charge < -0.3 is 10.2 Å². The molecule has 1 unspecified atom stereocenters. The Morgan fingerprint density at radius 2 is 2.29 bits per heavy atom. The molecule has 0 aromatic carbocycles. The van der Waals surface area contributed by atoms with Crippen LogP contribution in [0.25, 0.3) is 0 Å². The van der Waals surface area contributed by atoms with Crippen LogP contribution < -0.4 is 5.32 Å². The van der Waals surface area contributed by atoms with Crippen molar-refractivity contribution in [3.63, 3.8) is 0 Å². The van der Waals surface area contributed by atoms with Gasteiger partial charge in [-0.3, -0.25) is 4.79 Å². The second kappa shape index (κ2) is 7.16. The highest BCUT2D eigenvalue weighted by Crippen LogP contribution is 2.15. The predicted octanol–water partition coefficient (Wildman–Crippen LogP) is 1.73. The molecule has 1 saturated heterocycles. The summed E-state index contributed by atoms with van der Waals surface area (Å²) in [7, 11) is 0. The third kappa shape index (κ3) is 3.81. The van der Waals surface area contributed by atoms with Gasteiger partial charge in [0.2, 0.25) is 0 Å². The molecule has 1 aromatic heterocycles. The molecule has 7 heteroatoms. The topological polar surface area (TPSA) is 45.2 Å². The van der Waals surface area contributed by atoms with Crippen LogP contribution in [0.3, 0.4) is 0 Å². The van der Waals surface area contributed by atoms with E-state index in [9.17, 15) is 4.79 Å². The van der Waals surface area contributed by atoms with E-state index >= 15 is 0 Å². The van der Waals surface area contributed by atoms with Crippen LogP contribution in [0.1, 0.15) is 22.3 Å². The smallest absolute Gasteiger partial charge is 0.265 e. The summed E-state index contributed by atoms with van der Waals surface area (Å²) in [5.41, 5.74) is 2.57. The fourth-order valence-electron chi connectivity index (χ4n) is 1.77. The number of rotatable bonds is 1. The summed E-state index contributed by atoms with van der Waals surface area (Å²) in [6.07, 6.45) is 0. The zero-order chi connectivity index (χ0) is 10.8. The molecular formula is C10H17Cl2N3OS. The molecule has 1 aliphatic rings. The Kier molecular flexibility index (Phi) is 7.01. The highest BCUT2D eigenvalue weighted by Gasteiger charge is 2.23. The van der Waals surface area contributed by atoms with Crippen molar-refractivity contribution in [2.45, 2.75) is 19.9 Å². The number of carbonyl (C=O) groups is 1. The summed E-state index contributed by atoms with van der Waals surface area (Å²) in [5.74, 6) is 0.128. The quantitative estimate of drug-likeness (QED) is 0.859. The van der Waals surface area contributed by atoms with Crippen LogP contribution in [0.2, 0.25) is 0 Å². The highest BCUT2D eigenvalue weighted by atomic mass is 35.5. The van der Waals surface area contributed by atoms with Crippen molar-refractivity contribution in [2.75, 3.05) is 19.6 Å². The number of carbonyl (C=O) groups excluding carboxylic acids is 1. The molecule has 0 spiro atoms. The molecule has 4 nitrogen and oxygen atoms in total. The molecule has 0 saturated carbocycles. The molecule has 1 N–H and O–H groups in total. The summed E-state index contributed by atoms with van der Waals surface area (Å²) >= 11 is 1.43. The molecule has 1 aliphatic heterocycles. The summed E-state index contributed by atoms with van der Waals surface area (Å²) in [6.45, 7) is 6.44. The predicted molar refractivity (Wildman–Crippen MR) is 74.7 cm³/mol.